The van der Waals surface area contributed by atoms with Gasteiger partial charge < -0.3 is 9.47 Å². The number of hydrogen-bond acceptors (Lipinski definition) is 4. The van der Waals surface area contributed by atoms with Crippen LogP contribution in [0.3, 0.4) is 0 Å². The van der Waals surface area contributed by atoms with Crippen molar-refractivity contribution in [3.63, 3.8) is 0 Å². The summed E-state index contributed by atoms with van der Waals surface area (Å²) >= 11 is 0.912. The molecule has 0 N–H and O–H groups in total. The van der Waals surface area contributed by atoms with E-state index in [-0.39, 0.29) is 23.6 Å². The minimum absolute atomic E-state index is 0.149. The first-order valence-corrected chi connectivity index (χ1v) is 11.5. The summed E-state index contributed by atoms with van der Waals surface area (Å²) < 4.78 is 2.20. The van der Waals surface area contributed by atoms with Gasteiger partial charge in [-0.05, 0) is 68.1 Å². The zero-order valence-corrected chi connectivity index (χ0v) is 18.8. The Labute approximate surface area is 186 Å². The highest BCUT2D eigenvalue weighted by Crippen LogP contribution is 2.33. The summed E-state index contributed by atoms with van der Waals surface area (Å²) in [7, 11) is 0. The Hall–Kier alpha value is -2.80. The standard InChI is InChI=1S/C24H27N3O3S/c1-17-13-20(18(2)26(17)15-19-9-5-3-6-10-19)14-21-23(29)27(24(30)31-21)16-22(28)25-11-7-4-8-12-25/h3,5-6,9-10,13-14H,4,7-8,11-12,15-16H2,1-2H3. The van der Waals surface area contributed by atoms with E-state index in [1.54, 1.807) is 11.0 Å². The molecule has 0 radical (unpaired) electrons. The third kappa shape index (κ3) is 4.61. The minimum Gasteiger partial charge on any atom is -0.344 e. The zero-order valence-electron chi connectivity index (χ0n) is 18.0. The van der Waals surface area contributed by atoms with Crippen molar-refractivity contribution in [2.75, 3.05) is 19.6 Å². The first-order valence-electron chi connectivity index (χ1n) is 10.7. The molecule has 2 aromatic rings. The van der Waals surface area contributed by atoms with E-state index in [9.17, 15) is 14.4 Å². The lowest BCUT2D eigenvalue weighted by atomic mass is 10.1. The fraction of sp³-hybridized carbons (Fsp3) is 0.375. The van der Waals surface area contributed by atoms with Gasteiger partial charge in [0.05, 0.1) is 4.91 Å². The van der Waals surface area contributed by atoms with Gasteiger partial charge >= 0.3 is 0 Å². The molecule has 0 unspecified atom stereocenters. The Morgan fingerprint density at radius 2 is 1.77 bits per heavy atom. The molecule has 2 saturated heterocycles. The second-order valence-electron chi connectivity index (χ2n) is 8.11. The summed E-state index contributed by atoms with van der Waals surface area (Å²) in [5.74, 6) is -0.530. The van der Waals surface area contributed by atoms with Gasteiger partial charge in [0, 0.05) is 31.0 Å². The van der Waals surface area contributed by atoms with Gasteiger partial charge in [-0.15, -0.1) is 0 Å². The maximum absolute atomic E-state index is 12.9. The smallest absolute Gasteiger partial charge is 0.294 e. The summed E-state index contributed by atoms with van der Waals surface area (Å²) in [6.07, 6.45) is 4.86. The number of hydrogen-bond donors (Lipinski definition) is 0. The van der Waals surface area contributed by atoms with Crippen molar-refractivity contribution in [2.45, 2.75) is 39.7 Å². The maximum atomic E-state index is 12.9. The highest BCUT2D eigenvalue weighted by atomic mass is 32.2. The predicted molar refractivity (Wildman–Crippen MR) is 123 cm³/mol. The van der Waals surface area contributed by atoms with Crippen LogP contribution in [0.25, 0.3) is 6.08 Å². The molecular weight excluding hydrogens is 410 g/mol. The Kier molecular flexibility index (Phi) is 6.32. The van der Waals surface area contributed by atoms with Crippen LogP contribution in [-0.2, 0) is 16.1 Å². The Morgan fingerprint density at radius 1 is 1.06 bits per heavy atom. The fourth-order valence-electron chi connectivity index (χ4n) is 4.14. The van der Waals surface area contributed by atoms with E-state index in [1.165, 1.54) is 5.56 Å². The van der Waals surface area contributed by atoms with E-state index in [4.69, 9.17) is 0 Å². The van der Waals surface area contributed by atoms with E-state index in [0.717, 1.165) is 59.4 Å². The number of likely N-dealkylation sites (tertiary alicyclic amines) is 1. The number of aromatic nitrogens is 1. The van der Waals surface area contributed by atoms with Crippen LogP contribution in [0.2, 0.25) is 0 Å². The average molecular weight is 438 g/mol. The van der Waals surface area contributed by atoms with Gasteiger partial charge in [0.1, 0.15) is 6.54 Å². The minimum atomic E-state index is -0.381. The number of carbonyl (C=O) groups is 3. The zero-order chi connectivity index (χ0) is 22.0. The highest BCUT2D eigenvalue weighted by Gasteiger charge is 2.37. The van der Waals surface area contributed by atoms with Gasteiger partial charge in [-0.2, -0.15) is 0 Å². The lowest BCUT2D eigenvalue weighted by molar-refractivity contribution is -0.136. The summed E-state index contributed by atoms with van der Waals surface area (Å²) in [5, 5.41) is -0.375. The number of thioether (sulfide) groups is 1. The molecule has 6 nitrogen and oxygen atoms in total. The lowest BCUT2D eigenvalue weighted by Crippen LogP contribution is -2.44. The van der Waals surface area contributed by atoms with Crippen molar-refractivity contribution >= 4 is 34.9 Å². The van der Waals surface area contributed by atoms with E-state index in [2.05, 4.69) is 16.7 Å². The number of carbonyl (C=O) groups excluding carboxylic acids is 3. The summed E-state index contributed by atoms with van der Waals surface area (Å²) in [6.45, 7) is 6.05. The van der Waals surface area contributed by atoms with Crippen LogP contribution in [0.5, 0.6) is 0 Å². The highest BCUT2D eigenvalue weighted by molar-refractivity contribution is 8.18. The van der Waals surface area contributed by atoms with E-state index in [1.807, 2.05) is 38.1 Å². The van der Waals surface area contributed by atoms with Crippen LogP contribution in [-0.4, -0.2) is 51.1 Å². The third-order valence-corrected chi connectivity index (χ3v) is 6.87. The fourth-order valence-corrected chi connectivity index (χ4v) is 4.97. The first-order chi connectivity index (χ1) is 14.9. The number of benzene rings is 1. The van der Waals surface area contributed by atoms with Crippen molar-refractivity contribution in [1.29, 1.82) is 0 Å². The SMILES string of the molecule is Cc1cc(C=C2SC(=O)N(CC(=O)N3CCCCC3)C2=O)c(C)n1Cc1ccccc1. The summed E-state index contributed by atoms with van der Waals surface area (Å²) in [4.78, 5) is 41.1. The third-order valence-electron chi connectivity index (χ3n) is 5.96. The summed E-state index contributed by atoms with van der Waals surface area (Å²) in [6, 6.07) is 12.2. The van der Waals surface area contributed by atoms with Crippen molar-refractivity contribution in [2.24, 2.45) is 0 Å². The molecule has 0 aliphatic carbocycles. The molecule has 31 heavy (non-hydrogen) atoms. The second kappa shape index (κ2) is 9.14. The first kappa shape index (κ1) is 21.4. The lowest BCUT2D eigenvalue weighted by Gasteiger charge is -2.27. The van der Waals surface area contributed by atoms with Crippen LogP contribution in [0, 0.1) is 13.8 Å². The van der Waals surface area contributed by atoms with Gasteiger partial charge in [0.2, 0.25) is 5.91 Å². The number of piperidine rings is 1. The van der Waals surface area contributed by atoms with Crippen LogP contribution in [0.1, 0.15) is 41.8 Å². The average Bonchev–Trinajstić information content (AvgIpc) is 3.19. The Balaban J connectivity index is 1.50. The largest absolute Gasteiger partial charge is 0.344 e. The molecule has 2 fully saturated rings. The molecular formula is C24H27N3O3S. The van der Waals surface area contributed by atoms with E-state index in [0.29, 0.717) is 18.0 Å². The molecule has 0 spiro atoms. The van der Waals surface area contributed by atoms with Gasteiger partial charge in [0.25, 0.3) is 11.1 Å². The van der Waals surface area contributed by atoms with Gasteiger partial charge in [-0.3, -0.25) is 19.3 Å². The molecule has 0 saturated carbocycles. The van der Waals surface area contributed by atoms with Crippen molar-refractivity contribution in [3.05, 3.63) is 63.8 Å². The maximum Gasteiger partial charge on any atom is 0.294 e. The molecule has 0 atom stereocenters. The van der Waals surface area contributed by atoms with Crippen LogP contribution in [0.4, 0.5) is 4.79 Å². The van der Waals surface area contributed by atoms with Crippen LogP contribution >= 0.6 is 11.8 Å². The molecule has 0 bridgehead atoms. The number of aryl methyl sites for hydroxylation is 1. The number of amides is 3. The number of nitrogens with zero attached hydrogens (tertiary/aromatic N) is 3. The topological polar surface area (TPSA) is 62.6 Å². The second-order valence-corrected chi connectivity index (χ2v) is 9.10. The molecule has 2 aliphatic rings. The number of imide groups is 1. The molecule has 2 aliphatic heterocycles. The monoisotopic (exact) mass is 437 g/mol. The summed E-state index contributed by atoms with van der Waals surface area (Å²) in [5.41, 5.74) is 4.25. The molecule has 3 amide bonds. The van der Waals surface area contributed by atoms with Crippen molar-refractivity contribution in [1.82, 2.24) is 14.4 Å². The molecule has 162 valence electrons. The predicted octanol–water partition coefficient (Wildman–Crippen LogP) is 4.20. The van der Waals surface area contributed by atoms with Crippen molar-refractivity contribution in [3.8, 4) is 0 Å². The van der Waals surface area contributed by atoms with Crippen LogP contribution in [0.15, 0.2) is 41.3 Å². The normalized spacial score (nSPS) is 18.3. The quantitative estimate of drug-likeness (QED) is 0.658. The molecule has 3 heterocycles. The van der Waals surface area contributed by atoms with Gasteiger partial charge in [0.15, 0.2) is 0 Å². The van der Waals surface area contributed by atoms with E-state index < -0.39 is 0 Å². The Morgan fingerprint density at radius 3 is 2.48 bits per heavy atom. The molecule has 1 aromatic heterocycles. The van der Waals surface area contributed by atoms with Gasteiger partial charge in [-0.1, -0.05) is 30.3 Å². The molecule has 4 rings (SSSR count). The molecule has 1 aromatic carbocycles. The van der Waals surface area contributed by atoms with Crippen molar-refractivity contribution < 1.29 is 14.4 Å². The van der Waals surface area contributed by atoms with Crippen LogP contribution < -0.4 is 0 Å². The molecule has 7 heteroatoms. The van der Waals surface area contributed by atoms with Gasteiger partial charge in [-0.25, -0.2) is 0 Å². The van der Waals surface area contributed by atoms with E-state index >= 15 is 0 Å². The Bertz CT molecular complexity index is 1040. The number of rotatable bonds is 5.